The van der Waals surface area contributed by atoms with Gasteiger partial charge in [-0.1, -0.05) is 51.8 Å². The first-order chi connectivity index (χ1) is 9.74. The van der Waals surface area contributed by atoms with Crippen LogP contribution >= 0.6 is 27.5 Å². The molecule has 20 heavy (non-hydrogen) atoms. The highest BCUT2D eigenvalue weighted by Gasteiger charge is 2.08. The van der Waals surface area contributed by atoms with Crippen molar-refractivity contribution >= 4 is 27.5 Å². The van der Waals surface area contributed by atoms with Crippen LogP contribution in [0, 0.1) is 0 Å². The molecule has 0 saturated heterocycles. The van der Waals surface area contributed by atoms with Crippen LogP contribution in [0.4, 0.5) is 0 Å². The Morgan fingerprint density at radius 3 is 2.50 bits per heavy atom. The zero-order valence-electron chi connectivity index (χ0n) is 11.2. The third-order valence-corrected chi connectivity index (χ3v) is 3.83. The second kappa shape index (κ2) is 7.67. The van der Waals surface area contributed by atoms with Gasteiger partial charge in [0.2, 0.25) is 0 Å². The number of benzene rings is 2. The van der Waals surface area contributed by atoms with Crippen molar-refractivity contribution in [3.8, 4) is 11.5 Å². The quantitative estimate of drug-likeness (QED) is 0.662. The minimum Gasteiger partial charge on any atom is -0.455 e. The molecule has 4 heteroatoms. The summed E-state index contributed by atoms with van der Waals surface area (Å²) in [6, 6.07) is 13.7. The molecule has 0 N–H and O–H groups in total. The molecule has 0 aliphatic rings. The van der Waals surface area contributed by atoms with Gasteiger partial charge in [0.1, 0.15) is 11.5 Å². The predicted octanol–water partition coefficient (Wildman–Crippen LogP) is 5.22. The lowest BCUT2D eigenvalue weighted by Crippen LogP contribution is -1.95. The molecule has 0 aliphatic heterocycles. The summed E-state index contributed by atoms with van der Waals surface area (Å²) in [5.41, 5.74) is 2.25. The van der Waals surface area contributed by atoms with E-state index in [1.165, 1.54) is 5.56 Å². The van der Waals surface area contributed by atoms with E-state index >= 15 is 0 Å². The van der Waals surface area contributed by atoms with Crippen LogP contribution in [-0.4, -0.2) is 13.7 Å². The van der Waals surface area contributed by atoms with Crippen LogP contribution in [0.3, 0.4) is 0 Å². The Morgan fingerprint density at radius 2 is 1.85 bits per heavy atom. The molecule has 2 nitrogen and oxygen atoms in total. The molecule has 0 unspecified atom stereocenters. The SMILES string of the molecule is COCCc1ccc(Oc2c(Cl)cccc2CBr)cc1. The Kier molecular flexibility index (Phi) is 5.89. The third-order valence-electron chi connectivity index (χ3n) is 2.93. The van der Waals surface area contributed by atoms with Gasteiger partial charge < -0.3 is 9.47 Å². The number of methoxy groups -OCH3 is 1. The molecular formula is C16H16BrClO2. The van der Waals surface area contributed by atoms with Gasteiger partial charge in [-0.05, 0) is 30.2 Å². The van der Waals surface area contributed by atoms with E-state index in [1.807, 2.05) is 42.5 Å². The second-order valence-corrected chi connectivity index (χ2v) is 5.32. The molecule has 0 spiro atoms. The first kappa shape index (κ1) is 15.4. The van der Waals surface area contributed by atoms with Crippen LogP contribution < -0.4 is 4.74 Å². The van der Waals surface area contributed by atoms with Crippen molar-refractivity contribution < 1.29 is 9.47 Å². The number of alkyl halides is 1. The molecular weight excluding hydrogens is 340 g/mol. The van der Waals surface area contributed by atoms with Crippen molar-refractivity contribution in [3.63, 3.8) is 0 Å². The molecule has 0 atom stereocenters. The van der Waals surface area contributed by atoms with Crippen molar-refractivity contribution in [2.45, 2.75) is 11.8 Å². The standard InChI is InChI=1S/C16H16BrClO2/c1-19-10-9-12-5-7-14(8-6-12)20-16-13(11-17)3-2-4-15(16)18/h2-8H,9-11H2,1H3. The maximum Gasteiger partial charge on any atom is 0.150 e. The summed E-state index contributed by atoms with van der Waals surface area (Å²) in [6.45, 7) is 0.721. The largest absolute Gasteiger partial charge is 0.455 e. The Hall–Kier alpha value is -1.03. The summed E-state index contributed by atoms with van der Waals surface area (Å²) >= 11 is 9.64. The first-order valence-corrected chi connectivity index (χ1v) is 7.83. The van der Waals surface area contributed by atoms with Gasteiger partial charge in [-0.3, -0.25) is 0 Å². The molecule has 0 bridgehead atoms. The number of para-hydroxylation sites is 1. The minimum atomic E-state index is 0.616. The lowest BCUT2D eigenvalue weighted by Gasteiger charge is -2.11. The zero-order valence-corrected chi connectivity index (χ0v) is 13.6. The van der Waals surface area contributed by atoms with Gasteiger partial charge in [-0.25, -0.2) is 0 Å². The third kappa shape index (κ3) is 3.98. The lowest BCUT2D eigenvalue weighted by molar-refractivity contribution is 0.202. The smallest absolute Gasteiger partial charge is 0.150 e. The average molecular weight is 356 g/mol. The molecule has 2 rings (SSSR count). The molecule has 0 radical (unpaired) electrons. The predicted molar refractivity (Wildman–Crippen MR) is 86.2 cm³/mol. The fourth-order valence-electron chi connectivity index (χ4n) is 1.83. The van der Waals surface area contributed by atoms with E-state index < -0.39 is 0 Å². The van der Waals surface area contributed by atoms with Crippen LogP contribution in [0.15, 0.2) is 42.5 Å². The fourth-order valence-corrected chi connectivity index (χ4v) is 2.51. The Labute approximate surface area is 132 Å². The highest BCUT2D eigenvalue weighted by molar-refractivity contribution is 9.08. The van der Waals surface area contributed by atoms with Crippen molar-refractivity contribution in [2.24, 2.45) is 0 Å². The maximum atomic E-state index is 6.20. The Bertz CT molecular complexity index is 555. The summed E-state index contributed by atoms with van der Waals surface area (Å²) in [7, 11) is 1.71. The first-order valence-electron chi connectivity index (χ1n) is 6.33. The van der Waals surface area contributed by atoms with Crippen LogP contribution in [0.1, 0.15) is 11.1 Å². The van der Waals surface area contributed by atoms with Gasteiger partial charge in [-0.15, -0.1) is 0 Å². The summed E-state index contributed by atoms with van der Waals surface area (Å²) in [6.07, 6.45) is 0.898. The number of hydrogen-bond donors (Lipinski definition) is 0. The average Bonchev–Trinajstić information content (AvgIpc) is 2.48. The van der Waals surface area contributed by atoms with Gasteiger partial charge in [-0.2, -0.15) is 0 Å². The van der Waals surface area contributed by atoms with E-state index in [0.29, 0.717) is 16.1 Å². The minimum absolute atomic E-state index is 0.616. The number of ether oxygens (including phenoxy) is 2. The number of rotatable bonds is 6. The van der Waals surface area contributed by atoms with Crippen LogP contribution in [0.2, 0.25) is 5.02 Å². The van der Waals surface area contributed by atoms with Crippen LogP contribution in [-0.2, 0) is 16.5 Å². The summed E-state index contributed by atoms with van der Waals surface area (Å²) in [4.78, 5) is 0. The molecule has 0 saturated carbocycles. The topological polar surface area (TPSA) is 18.5 Å². The van der Waals surface area contributed by atoms with Crippen molar-refractivity contribution in [2.75, 3.05) is 13.7 Å². The normalized spacial score (nSPS) is 10.6. The molecule has 0 aliphatic carbocycles. The Morgan fingerprint density at radius 1 is 1.10 bits per heavy atom. The van der Waals surface area contributed by atoms with Gasteiger partial charge >= 0.3 is 0 Å². The lowest BCUT2D eigenvalue weighted by atomic mass is 10.1. The van der Waals surface area contributed by atoms with Gasteiger partial charge in [0.25, 0.3) is 0 Å². The molecule has 0 fully saturated rings. The summed E-state index contributed by atoms with van der Waals surface area (Å²) < 4.78 is 11.0. The molecule has 106 valence electrons. The summed E-state index contributed by atoms with van der Waals surface area (Å²) in [5, 5.41) is 1.32. The monoisotopic (exact) mass is 354 g/mol. The molecule has 0 heterocycles. The maximum absolute atomic E-state index is 6.20. The van der Waals surface area contributed by atoms with Crippen molar-refractivity contribution in [1.29, 1.82) is 0 Å². The highest BCUT2D eigenvalue weighted by Crippen LogP contribution is 2.34. The molecule has 2 aromatic rings. The van der Waals surface area contributed by atoms with Gasteiger partial charge in [0.05, 0.1) is 11.6 Å². The number of hydrogen-bond acceptors (Lipinski definition) is 2. The van der Waals surface area contributed by atoms with E-state index in [0.717, 1.165) is 24.3 Å². The van der Waals surface area contributed by atoms with E-state index in [-0.39, 0.29) is 0 Å². The molecule has 0 aromatic heterocycles. The van der Waals surface area contributed by atoms with E-state index in [9.17, 15) is 0 Å². The van der Waals surface area contributed by atoms with Crippen molar-refractivity contribution in [3.05, 3.63) is 58.6 Å². The second-order valence-electron chi connectivity index (χ2n) is 4.35. The summed E-state index contributed by atoms with van der Waals surface area (Å²) in [5.74, 6) is 1.48. The van der Waals surface area contributed by atoms with E-state index in [2.05, 4.69) is 15.9 Å². The van der Waals surface area contributed by atoms with Crippen LogP contribution in [0.25, 0.3) is 0 Å². The van der Waals surface area contributed by atoms with Gasteiger partial charge in [0.15, 0.2) is 0 Å². The zero-order chi connectivity index (χ0) is 14.4. The van der Waals surface area contributed by atoms with Crippen LogP contribution in [0.5, 0.6) is 11.5 Å². The Balaban J connectivity index is 2.14. The fraction of sp³-hybridized carbons (Fsp3) is 0.250. The van der Waals surface area contributed by atoms with Gasteiger partial charge in [0, 0.05) is 18.0 Å². The number of halogens is 2. The highest BCUT2D eigenvalue weighted by atomic mass is 79.9. The van der Waals surface area contributed by atoms with Crippen molar-refractivity contribution in [1.82, 2.24) is 0 Å². The van der Waals surface area contributed by atoms with E-state index in [4.69, 9.17) is 21.1 Å². The van der Waals surface area contributed by atoms with E-state index in [1.54, 1.807) is 7.11 Å². The molecule has 0 amide bonds. The molecule has 2 aromatic carbocycles.